The third-order valence-corrected chi connectivity index (χ3v) is 2.78. The number of carboxylic acids is 1. The van der Waals surface area contributed by atoms with Crippen molar-refractivity contribution >= 4 is 5.97 Å². The fourth-order valence-electron chi connectivity index (χ4n) is 1.73. The van der Waals surface area contributed by atoms with Crippen LogP contribution in [0.15, 0.2) is 12.1 Å². The van der Waals surface area contributed by atoms with Crippen molar-refractivity contribution in [1.29, 1.82) is 0 Å². The van der Waals surface area contributed by atoms with E-state index < -0.39 is 17.7 Å². The minimum absolute atomic E-state index is 0.0147. The van der Waals surface area contributed by atoms with Crippen LogP contribution in [0.25, 0.3) is 0 Å². The molecule has 0 fully saturated rings. The molecule has 1 atom stereocenters. The molecule has 0 radical (unpaired) electrons. The maximum atomic E-state index is 13.9. The summed E-state index contributed by atoms with van der Waals surface area (Å²) in [5, 5.41) is 8.91. The Balaban J connectivity index is 3.31. The molecule has 0 spiro atoms. The molecule has 1 aromatic carbocycles. The molecule has 94 valence electrons. The maximum Gasteiger partial charge on any atom is 0.310 e. The lowest BCUT2D eigenvalue weighted by atomic mass is 9.94. The van der Waals surface area contributed by atoms with E-state index in [1.807, 2.05) is 13.8 Å². The number of benzene rings is 1. The van der Waals surface area contributed by atoms with Crippen molar-refractivity contribution in [3.05, 3.63) is 29.1 Å². The van der Waals surface area contributed by atoms with Gasteiger partial charge in [0.05, 0.1) is 13.0 Å². The zero-order valence-corrected chi connectivity index (χ0v) is 10.5. The first-order chi connectivity index (χ1) is 7.88. The highest BCUT2D eigenvalue weighted by molar-refractivity contribution is 5.75. The van der Waals surface area contributed by atoms with Gasteiger partial charge in [0.1, 0.15) is 11.6 Å². The lowest BCUT2D eigenvalue weighted by Gasteiger charge is -2.16. The number of rotatable bonds is 4. The van der Waals surface area contributed by atoms with Gasteiger partial charge < -0.3 is 9.84 Å². The summed E-state index contributed by atoms with van der Waals surface area (Å²) in [6.45, 7) is 5.24. The normalized spacial score (nSPS) is 12.6. The molecule has 1 unspecified atom stereocenters. The van der Waals surface area contributed by atoms with Crippen LogP contribution >= 0.6 is 0 Å². The van der Waals surface area contributed by atoms with E-state index in [4.69, 9.17) is 9.84 Å². The summed E-state index contributed by atoms with van der Waals surface area (Å²) < 4.78 is 19.0. The van der Waals surface area contributed by atoms with Crippen molar-refractivity contribution in [3.8, 4) is 5.75 Å². The Hall–Kier alpha value is -1.58. The lowest BCUT2D eigenvalue weighted by Crippen LogP contribution is -2.09. The predicted molar refractivity (Wildman–Crippen MR) is 63.1 cm³/mol. The van der Waals surface area contributed by atoms with E-state index in [0.717, 1.165) is 0 Å². The van der Waals surface area contributed by atoms with Gasteiger partial charge in [0.15, 0.2) is 0 Å². The monoisotopic (exact) mass is 240 g/mol. The van der Waals surface area contributed by atoms with Gasteiger partial charge >= 0.3 is 5.97 Å². The average molecular weight is 240 g/mol. The molecule has 1 N–H and O–H groups in total. The number of ether oxygens (including phenoxy) is 1. The van der Waals surface area contributed by atoms with Crippen molar-refractivity contribution < 1.29 is 19.0 Å². The first-order valence-corrected chi connectivity index (χ1v) is 5.48. The Kier molecular flexibility index (Phi) is 4.10. The Morgan fingerprint density at radius 3 is 2.35 bits per heavy atom. The maximum absolute atomic E-state index is 13.9. The van der Waals surface area contributed by atoms with Gasteiger partial charge in [-0.25, -0.2) is 4.39 Å². The molecule has 0 bridgehead atoms. The van der Waals surface area contributed by atoms with E-state index in [2.05, 4.69) is 0 Å². The minimum atomic E-state index is -0.983. The Morgan fingerprint density at radius 1 is 1.35 bits per heavy atom. The molecule has 0 aliphatic carbocycles. The highest BCUT2D eigenvalue weighted by Gasteiger charge is 2.20. The van der Waals surface area contributed by atoms with Gasteiger partial charge in [-0.15, -0.1) is 0 Å². The third kappa shape index (κ3) is 2.75. The largest absolute Gasteiger partial charge is 0.496 e. The second-order valence-corrected chi connectivity index (χ2v) is 4.33. The molecule has 0 saturated heterocycles. The average Bonchev–Trinajstić information content (AvgIpc) is 2.25. The van der Waals surface area contributed by atoms with Gasteiger partial charge in [-0.05, 0) is 30.5 Å². The van der Waals surface area contributed by atoms with E-state index in [1.165, 1.54) is 20.1 Å². The summed E-state index contributed by atoms with van der Waals surface area (Å²) in [7, 11) is 1.45. The molecule has 0 aliphatic rings. The Labute approximate surface area is 100 Å². The quantitative estimate of drug-likeness (QED) is 0.879. The minimum Gasteiger partial charge on any atom is -0.496 e. The van der Waals surface area contributed by atoms with E-state index in [1.54, 1.807) is 6.07 Å². The van der Waals surface area contributed by atoms with Crippen LogP contribution in [0.2, 0.25) is 0 Å². The van der Waals surface area contributed by atoms with Crippen molar-refractivity contribution in [2.24, 2.45) is 0 Å². The molecule has 0 amide bonds. The molecule has 17 heavy (non-hydrogen) atoms. The topological polar surface area (TPSA) is 46.5 Å². The van der Waals surface area contributed by atoms with E-state index in [-0.39, 0.29) is 5.92 Å². The van der Waals surface area contributed by atoms with Crippen LogP contribution in [-0.2, 0) is 4.79 Å². The molecular formula is C13H17FO3. The van der Waals surface area contributed by atoms with Crippen LogP contribution in [0.1, 0.15) is 43.7 Å². The van der Waals surface area contributed by atoms with Gasteiger partial charge in [0.25, 0.3) is 0 Å². The van der Waals surface area contributed by atoms with Gasteiger partial charge in [-0.1, -0.05) is 13.8 Å². The number of hydrogen-bond donors (Lipinski definition) is 1. The fourth-order valence-corrected chi connectivity index (χ4v) is 1.73. The number of carboxylic acid groups (broad SMARTS) is 1. The van der Waals surface area contributed by atoms with Crippen LogP contribution in [0.3, 0.4) is 0 Å². The molecule has 0 saturated carbocycles. The number of halogens is 1. The SMILES string of the molecule is COc1cc(C(C)C(=O)O)cc(F)c1C(C)C. The van der Waals surface area contributed by atoms with E-state index in [0.29, 0.717) is 16.9 Å². The summed E-state index contributed by atoms with van der Waals surface area (Å²) in [4.78, 5) is 10.9. The first-order valence-electron chi connectivity index (χ1n) is 5.48. The third-order valence-electron chi connectivity index (χ3n) is 2.78. The van der Waals surface area contributed by atoms with Crippen molar-refractivity contribution in [2.75, 3.05) is 7.11 Å². The van der Waals surface area contributed by atoms with Crippen LogP contribution in [0.4, 0.5) is 4.39 Å². The highest BCUT2D eigenvalue weighted by Crippen LogP contribution is 2.32. The molecule has 3 nitrogen and oxygen atoms in total. The molecule has 4 heteroatoms. The zero-order valence-electron chi connectivity index (χ0n) is 10.5. The van der Waals surface area contributed by atoms with Crippen molar-refractivity contribution in [1.82, 2.24) is 0 Å². The van der Waals surface area contributed by atoms with E-state index >= 15 is 0 Å². The molecule has 1 rings (SSSR count). The molecule has 0 heterocycles. The van der Waals surface area contributed by atoms with Crippen LogP contribution in [0, 0.1) is 5.82 Å². The fraction of sp³-hybridized carbons (Fsp3) is 0.462. The van der Waals surface area contributed by atoms with Gasteiger partial charge in [-0.2, -0.15) is 0 Å². The highest BCUT2D eigenvalue weighted by atomic mass is 19.1. The molecular weight excluding hydrogens is 223 g/mol. The second kappa shape index (κ2) is 5.17. The van der Waals surface area contributed by atoms with Crippen LogP contribution < -0.4 is 4.74 Å². The predicted octanol–water partition coefficient (Wildman–Crippen LogP) is 3.15. The number of carbonyl (C=O) groups is 1. The van der Waals surface area contributed by atoms with Gasteiger partial charge in [-0.3, -0.25) is 4.79 Å². The zero-order chi connectivity index (χ0) is 13.2. The number of hydrogen-bond acceptors (Lipinski definition) is 2. The summed E-state index contributed by atoms with van der Waals surface area (Å²) in [6.07, 6.45) is 0. The van der Waals surface area contributed by atoms with Crippen molar-refractivity contribution in [2.45, 2.75) is 32.6 Å². The lowest BCUT2D eigenvalue weighted by molar-refractivity contribution is -0.138. The first kappa shape index (κ1) is 13.5. The summed E-state index contributed by atoms with van der Waals surface area (Å²) in [5.74, 6) is -1.76. The van der Waals surface area contributed by atoms with Crippen LogP contribution in [0.5, 0.6) is 5.75 Å². The molecule has 1 aromatic rings. The summed E-state index contributed by atoms with van der Waals surface area (Å²) >= 11 is 0. The Bertz CT molecular complexity index is 427. The standard InChI is InChI=1S/C13H17FO3/c1-7(2)12-10(14)5-9(6-11(12)17-4)8(3)13(15)16/h5-8H,1-4H3,(H,15,16). The summed E-state index contributed by atoms with van der Waals surface area (Å²) in [6, 6.07) is 2.87. The van der Waals surface area contributed by atoms with Gasteiger partial charge in [0.2, 0.25) is 0 Å². The Morgan fingerprint density at radius 2 is 1.94 bits per heavy atom. The van der Waals surface area contributed by atoms with Gasteiger partial charge in [0, 0.05) is 5.56 Å². The number of aliphatic carboxylic acids is 1. The molecule has 0 aliphatic heterocycles. The smallest absolute Gasteiger partial charge is 0.310 e. The molecule has 0 aromatic heterocycles. The summed E-state index contributed by atoms with van der Waals surface area (Å²) in [5.41, 5.74) is 0.894. The van der Waals surface area contributed by atoms with E-state index in [9.17, 15) is 9.18 Å². The van der Waals surface area contributed by atoms with Crippen LogP contribution in [-0.4, -0.2) is 18.2 Å². The van der Waals surface area contributed by atoms with Crippen molar-refractivity contribution in [3.63, 3.8) is 0 Å². The number of methoxy groups -OCH3 is 1. The second-order valence-electron chi connectivity index (χ2n) is 4.33.